The Morgan fingerprint density at radius 3 is 2.85 bits per heavy atom. The molecule has 4 rings (SSSR count). The van der Waals surface area contributed by atoms with Crippen LogP contribution in [0.2, 0.25) is 0 Å². The summed E-state index contributed by atoms with van der Waals surface area (Å²) in [7, 11) is 0. The molecule has 7 heteroatoms. The van der Waals surface area contributed by atoms with E-state index in [4.69, 9.17) is 4.42 Å². The number of nitrogens with one attached hydrogen (secondary N) is 2. The molecule has 0 spiro atoms. The van der Waals surface area contributed by atoms with Crippen molar-refractivity contribution in [2.75, 3.05) is 25.0 Å². The molecule has 0 radical (unpaired) electrons. The van der Waals surface area contributed by atoms with Gasteiger partial charge < -0.3 is 20.2 Å². The van der Waals surface area contributed by atoms with Crippen LogP contribution in [0.15, 0.2) is 16.5 Å². The first-order chi connectivity index (χ1) is 13.0. The lowest BCUT2D eigenvalue weighted by molar-refractivity contribution is 0.0651. The van der Waals surface area contributed by atoms with Gasteiger partial charge in [0.05, 0.1) is 6.10 Å². The summed E-state index contributed by atoms with van der Waals surface area (Å²) in [5, 5.41) is 24.5. The maximum atomic E-state index is 9.46. The van der Waals surface area contributed by atoms with E-state index in [0.29, 0.717) is 30.8 Å². The molecule has 2 fully saturated rings. The van der Waals surface area contributed by atoms with Crippen molar-refractivity contribution in [3.63, 3.8) is 0 Å². The van der Waals surface area contributed by atoms with E-state index in [1.807, 2.05) is 0 Å². The number of aliphatic hydroxyl groups excluding tert-OH is 1. The molecule has 1 aromatic carbocycles. The first-order valence-corrected chi connectivity index (χ1v) is 9.82. The lowest BCUT2D eigenvalue weighted by atomic mass is 9.82. The molecule has 1 atom stereocenters. The van der Waals surface area contributed by atoms with Gasteiger partial charge in [-0.1, -0.05) is 11.2 Å². The van der Waals surface area contributed by atoms with Gasteiger partial charge in [0.15, 0.2) is 0 Å². The topological polar surface area (TPSA) is 86.5 Å². The van der Waals surface area contributed by atoms with Gasteiger partial charge in [-0.05, 0) is 56.4 Å². The summed E-state index contributed by atoms with van der Waals surface area (Å²) in [6.07, 6.45) is 1.18. The van der Waals surface area contributed by atoms with Gasteiger partial charge in [-0.25, -0.2) is 0 Å². The van der Waals surface area contributed by atoms with Crippen LogP contribution in [0.5, 0.6) is 0 Å². The Bertz CT molecular complexity index is 800. The maximum Gasteiger partial charge on any atom is 0.320 e. The van der Waals surface area contributed by atoms with E-state index in [2.05, 4.69) is 58.6 Å². The molecule has 0 bridgehead atoms. The van der Waals surface area contributed by atoms with E-state index in [1.54, 1.807) is 0 Å². The summed E-state index contributed by atoms with van der Waals surface area (Å²) in [6.45, 7) is 10.6. The highest BCUT2D eigenvalue weighted by Gasteiger charge is 2.33. The minimum Gasteiger partial charge on any atom is -0.408 e. The van der Waals surface area contributed by atoms with Crippen LogP contribution >= 0.6 is 0 Å². The molecule has 0 amide bonds. The number of hydrogen-bond acceptors (Lipinski definition) is 7. The largest absolute Gasteiger partial charge is 0.408 e. The minimum atomic E-state index is -0.229. The number of hydrogen-bond donors (Lipinski definition) is 3. The third-order valence-electron chi connectivity index (χ3n) is 5.65. The highest BCUT2D eigenvalue weighted by Crippen LogP contribution is 2.36. The number of anilines is 2. The summed E-state index contributed by atoms with van der Waals surface area (Å²) in [6, 6.07) is 5.34. The van der Waals surface area contributed by atoms with Crippen molar-refractivity contribution in [1.29, 1.82) is 0 Å². The summed E-state index contributed by atoms with van der Waals surface area (Å²) in [4.78, 5) is 2.50. The molecule has 7 nitrogen and oxygen atoms in total. The predicted molar refractivity (Wildman–Crippen MR) is 104 cm³/mol. The smallest absolute Gasteiger partial charge is 0.320 e. The third-order valence-corrected chi connectivity index (χ3v) is 5.65. The van der Waals surface area contributed by atoms with Crippen LogP contribution < -0.4 is 10.6 Å². The van der Waals surface area contributed by atoms with Gasteiger partial charge in [-0.15, -0.1) is 5.10 Å². The molecule has 1 saturated heterocycles. The number of rotatable bonds is 5. The van der Waals surface area contributed by atoms with E-state index < -0.39 is 0 Å². The summed E-state index contributed by atoms with van der Waals surface area (Å²) in [5.74, 6) is 0.801. The van der Waals surface area contributed by atoms with Gasteiger partial charge in [0, 0.05) is 43.8 Å². The second kappa shape index (κ2) is 7.58. The molecule has 1 aliphatic heterocycles. The molecule has 1 aromatic heterocycles. The summed E-state index contributed by atoms with van der Waals surface area (Å²) in [5.41, 5.74) is 4.76. The second-order valence-corrected chi connectivity index (χ2v) is 8.08. The average Bonchev–Trinajstić information content (AvgIpc) is 3.04. The Morgan fingerprint density at radius 1 is 1.30 bits per heavy atom. The number of aromatic nitrogens is 2. The van der Waals surface area contributed by atoms with Crippen LogP contribution in [0.1, 0.15) is 48.3 Å². The van der Waals surface area contributed by atoms with Gasteiger partial charge in [-0.2, -0.15) is 0 Å². The minimum absolute atomic E-state index is 0.187. The van der Waals surface area contributed by atoms with Crippen molar-refractivity contribution in [3.05, 3.63) is 34.7 Å². The van der Waals surface area contributed by atoms with Gasteiger partial charge in [0.2, 0.25) is 5.89 Å². The quantitative estimate of drug-likeness (QED) is 0.744. The zero-order valence-corrected chi connectivity index (χ0v) is 16.3. The third kappa shape index (κ3) is 4.15. The van der Waals surface area contributed by atoms with E-state index in [9.17, 15) is 5.11 Å². The molecule has 1 saturated carbocycles. The maximum absolute atomic E-state index is 9.46. The number of aryl methyl sites for hydroxylation is 1. The van der Waals surface area contributed by atoms with Crippen molar-refractivity contribution >= 4 is 11.7 Å². The van der Waals surface area contributed by atoms with Crippen LogP contribution in [-0.4, -0.2) is 52.0 Å². The normalized spacial score (nSPS) is 26.0. The highest BCUT2D eigenvalue weighted by molar-refractivity contribution is 5.61. The molecule has 0 unspecified atom stereocenters. The SMILES string of the molecule is Cc1cc(CN2CCN[C@@H](C)C2)c(C)c(Nc2nnc(C3CC(O)C3)o2)c1. The predicted octanol–water partition coefficient (Wildman–Crippen LogP) is 2.46. The van der Waals surface area contributed by atoms with E-state index in [-0.39, 0.29) is 12.0 Å². The second-order valence-electron chi connectivity index (χ2n) is 8.08. The molecule has 2 aromatic rings. The van der Waals surface area contributed by atoms with Gasteiger partial charge in [0.1, 0.15) is 0 Å². The molecule has 2 aliphatic rings. The van der Waals surface area contributed by atoms with Crippen molar-refractivity contribution in [1.82, 2.24) is 20.4 Å². The van der Waals surface area contributed by atoms with Crippen molar-refractivity contribution < 1.29 is 9.52 Å². The van der Waals surface area contributed by atoms with E-state index >= 15 is 0 Å². The molecule has 3 N–H and O–H groups in total. The van der Waals surface area contributed by atoms with Crippen molar-refractivity contribution in [2.45, 2.75) is 58.2 Å². The standard InChI is InChI=1S/C20H29N5O2/c1-12-6-16(11-25-5-4-21-13(2)10-25)14(3)18(7-12)22-20-24-23-19(27-20)15-8-17(26)9-15/h6-7,13,15,17,21,26H,4-5,8-11H2,1-3H3,(H,22,24)/t13-,15?,17?/m0/s1. The monoisotopic (exact) mass is 371 g/mol. The Labute approximate surface area is 160 Å². The lowest BCUT2D eigenvalue weighted by Crippen LogP contribution is -2.48. The zero-order chi connectivity index (χ0) is 19.0. The number of benzene rings is 1. The summed E-state index contributed by atoms with van der Waals surface area (Å²) < 4.78 is 5.78. The fourth-order valence-corrected chi connectivity index (χ4v) is 3.98. The fourth-order valence-electron chi connectivity index (χ4n) is 3.98. The number of aliphatic hydroxyl groups is 1. The van der Waals surface area contributed by atoms with Crippen molar-refractivity contribution in [3.8, 4) is 0 Å². The van der Waals surface area contributed by atoms with Crippen LogP contribution in [-0.2, 0) is 6.54 Å². The fraction of sp³-hybridized carbons (Fsp3) is 0.600. The Hall–Kier alpha value is -1.96. The van der Waals surface area contributed by atoms with Gasteiger partial charge in [0.25, 0.3) is 0 Å². The van der Waals surface area contributed by atoms with E-state index in [0.717, 1.165) is 31.9 Å². The van der Waals surface area contributed by atoms with Crippen LogP contribution in [0, 0.1) is 13.8 Å². The van der Waals surface area contributed by atoms with E-state index in [1.165, 1.54) is 16.7 Å². The van der Waals surface area contributed by atoms with Crippen LogP contribution in [0.3, 0.4) is 0 Å². The van der Waals surface area contributed by atoms with Crippen LogP contribution in [0.25, 0.3) is 0 Å². The first kappa shape index (κ1) is 18.4. The Morgan fingerprint density at radius 2 is 2.11 bits per heavy atom. The Kier molecular flexibility index (Phi) is 5.16. The van der Waals surface area contributed by atoms with Crippen molar-refractivity contribution in [2.24, 2.45) is 0 Å². The molecular formula is C20H29N5O2. The zero-order valence-electron chi connectivity index (χ0n) is 16.3. The molecule has 1 aliphatic carbocycles. The van der Waals surface area contributed by atoms with Crippen LogP contribution in [0.4, 0.5) is 11.7 Å². The molecule has 27 heavy (non-hydrogen) atoms. The molecular weight excluding hydrogens is 342 g/mol. The average molecular weight is 371 g/mol. The first-order valence-electron chi connectivity index (χ1n) is 9.82. The summed E-state index contributed by atoms with van der Waals surface area (Å²) >= 11 is 0. The Balaban J connectivity index is 1.48. The van der Waals surface area contributed by atoms with Gasteiger partial charge in [-0.3, -0.25) is 4.90 Å². The lowest BCUT2D eigenvalue weighted by Gasteiger charge is -2.32. The number of piperazine rings is 1. The highest BCUT2D eigenvalue weighted by atomic mass is 16.4. The van der Waals surface area contributed by atoms with Gasteiger partial charge >= 0.3 is 6.01 Å². The molecule has 2 heterocycles. The molecule has 146 valence electrons. The number of nitrogens with zero attached hydrogens (tertiary/aromatic N) is 3.